The molecular weight excluding hydrogens is 138 g/mol. The molecule has 1 heterocycles. The van der Waals surface area contributed by atoms with Crippen LogP contribution in [0.2, 0.25) is 0 Å². The highest BCUT2D eigenvalue weighted by molar-refractivity contribution is 5.20. The number of hydrogen-bond donors (Lipinski definition) is 1. The van der Waals surface area contributed by atoms with Gasteiger partial charge in [-0.1, -0.05) is 0 Å². The number of aromatic nitrogens is 2. The van der Waals surface area contributed by atoms with Gasteiger partial charge >= 0.3 is 0 Å². The van der Waals surface area contributed by atoms with E-state index in [-0.39, 0.29) is 5.54 Å². The fraction of sp³-hybridized carbons (Fsp3) is 0.625. The van der Waals surface area contributed by atoms with Crippen molar-refractivity contribution in [3.63, 3.8) is 0 Å². The van der Waals surface area contributed by atoms with E-state index in [1.165, 1.54) is 12.0 Å². The Morgan fingerprint density at radius 1 is 1.64 bits per heavy atom. The second-order valence-corrected chi connectivity index (χ2v) is 3.41. The zero-order chi connectivity index (χ0) is 7.90. The van der Waals surface area contributed by atoms with Crippen molar-refractivity contribution in [3.05, 3.63) is 18.0 Å². The van der Waals surface area contributed by atoms with Crippen molar-refractivity contribution in [1.82, 2.24) is 9.78 Å². The van der Waals surface area contributed by atoms with E-state index in [0.29, 0.717) is 0 Å². The first kappa shape index (κ1) is 6.85. The number of hydrogen-bond acceptors (Lipinski definition) is 2. The van der Waals surface area contributed by atoms with Gasteiger partial charge in [0, 0.05) is 24.3 Å². The molecule has 3 nitrogen and oxygen atoms in total. The highest BCUT2D eigenvalue weighted by Crippen LogP contribution is 2.38. The topological polar surface area (TPSA) is 43.8 Å². The number of aryl methyl sites for hydroxylation is 1. The molecule has 60 valence electrons. The molecule has 2 rings (SSSR count). The van der Waals surface area contributed by atoms with E-state index >= 15 is 0 Å². The van der Waals surface area contributed by atoms with Crippen LogP contribution in [0.5, 0.6) is 0 Å². The molecule has 1 aromatic heterocycles. The Balaban J connectivity index is 2.28. The lowest BCUT2D eigenvalue weighted by Crippen LogP contribution is -2.42. The van der Waals surface area contributed by atoms with E-state index in [0.717, 1.165) is 12.8 Å². The third-order valence-corrected chi connectivity index (χ3v) is 2.53. The highest BCUT2D eigenvalue weighted by Gasteiger charge is 2.35. The Hall–Kier alpha value is -0.830. The second kappa shape index (κ2) is 2.08. The van der Waals surface area contributed by atoms with Gasteiger partial charge < -0.3 is 5.73 Å². The minimum absolute atomic E-state index is 0.0474. The molecule has 1 saturated carbocycles. The van der Waals surface area contributed by atoms with Crippen molar-refractivity contribution in [3.8, 4) is 0 Å². The Morgan fingerprint density at radius 3 is 2.73 bits per heavy atom. The first-order valence-electron chi connectivity index (χ1n) is 3.99. The molecule has 0 radical (unpaired) electrons. The normalized spacial score (nSPS) is 21.3. The van der Waals surface area contributed by atoms with E-state index in [9.17, 15) is 0 Å². The predicted octanol–water partition coefficient (Wildman–Crippen LogP) is 0.758. The van der Waals surface area contributed by atoms with Gasteiger partial charge in [-0.05, 0) is 19.3 Å². The quantitative estimate of drug-likeness (QED) is 0.644. The van der Waals surface area contributed by atoms with Crippen LogP contribution in [0.15, 0.2) is 12.4 Å². The molecule has 1 aliphatic rings. The summed E-state index contributed by atoms with van der Waals surface area (Å²) in [6.45, 7) is 0. The molecule has 2 N–H and O–H groups in total. The molecular formula is C8H13N3. The maximum atomic E-state index is 6.08. The summed E-state index contributed by atoms with van der Waals surface area (Å²) in [5.74, 6) is 0. The zero-order valence-electron chi connectivity index (χ0n) is 6.75. The summed E-state index contributed by atoms with van der Waals surface area (Å²) >= 11 is 0. The average Bonchev–Trinajstić information content (AvgIpc) is 2.31. The van der Waals surface area contributed by atoms with Gasteiger partial charge in [-0.2, -0.15) is 5.10 Å². The van der Waals surface area contributed by atoms with Crippen LogP contribution in [0, 0.1) is 0 Å². The molecule has 0 aliphatic heterocycles. The first-order chi connectivity index (χ1) is 5.21. The van der Waals surface area contributed by atoms with Crippen LogP contribution >= 0.6 is 0 Å². The number of nitrogens with two attached hydrogens (primary N) is 1. The van der Waals surface area contributed by atoms with Crippen LogP contribution in [0.1, 0.15) is 24.8 Å². The molecule has 0 unspecified atom stereocenters. The minimum atomic E-state index is -0.0474. The van der Waals surface area contributed by atoms with Gasteiger partial charge in [0.25, 0.3) is 0 Å². The van der Waals surface area contributed by atoms with Crippen LogP contribution in [0.25, 0.3) is 0 Å². The van der Waals surface area contributed by atoms with E-state index in [1.54, 1.807) is 0 Å². The van der Waals surface area contributed by atoms with Gasteiger partial charge in [0.05, 0.1) is 6.20 Å². The van der Waals surface area contributed by atoms with Crippen molar-refractivity contribution in [2.24, 2.45) is 12.8 Å². The maximum absolute atomic E-state index is 6.08. The number of nitrogens with zero attached hydrogens (tertiary/aromatic N) is 2. The minimum Gasteiger partial charge on any atom is -0.321 e. The third-order valence-electron chi connectivity index (χ3n) is 2.53. The second-order valence-electron chi connectivity index (χ2n) is 3.41. The standard InChI is InChI=1S/C8H13N3/c1-11-6-7(5-10-11)8(9)3-2-4-8/h5-6H,2-4,9H2,1H3. The SMILES string of the molecule is Cn1cc(C2(N)CCC2)cn1. The summed E-state index contributed by atoms with van der Waals surface area (Å²) < 4.78 is 1.81. The molecule has 0 bridgehead atoms. The molecule has 0 atom stereocenters. The first-order valence-corrected chi connectivity index (χ1v) is 3.99. The molecule has 1 aromatic rings. The van der Waals surface area contributed by atoms with Gasteiger partial charge in [-0.25, -0.2) is 0 Å². The molecule has 11 heavy (non-hydrogen) atoms. The van der Waals surface area contributed by atoms with E-state index in [4.69, 9.17) is 5.73 Å². The van der Waals surface area contributed by atoms with E-state index in [2.05, 4.69) is 5.10 Å². The third kappa shape index (κ3) is 0.959. The van der Waals surface area contributed by atoms with Gasteiger partial charge in [-0.3, -0.25) is 4.68 Å². The van der Waals surface area contributed by atoms with Gasteiger partial charge in [0.2, 0.25) is 0 Å². The van der Waals surface area contributed by atoms with Crippen LogP contribution in [0.4, 0.5) is 0 Å². The Morgan fingerprint density at radius 2 is 2.36 bits per heavy atom. The Kier molecular flexibility index (Phi) is 1.29. The lowest BCUT2D eigenvalue weighted by molar-refractivity contribution is 0.253. The van der Waals surface area contributed by atoms with E-state index in [1.807, 2.05) is 24.1 Å². The fourth-order valence-electron chi connectivity index (χ4n) is 1.52. The predicted molar refractivity (Wildman–Crippen MR) is 42.9 cm³/mol. The molecule has 3 heteroatoms. The molecule has 0 aromatic carbocycles. The molecule has 0 amide bonds. The van der Waals surface area contributed by atoms with Crippen LogP contribution in [-0.4, -0.2) is 9.78 Å². The molecule has 1 aliphatic carbocycles. The van der Waals surface area contributed by atoms with E-state index < -0.39 is 0 Å². The van der Waals surface area contributed by atoms with Crippen LogP contribution < -0.4 is 5.73 Å². The summed E-state index contributed by atoms with van der Waals surface area (Å²) in [4.78, 5) is 0. The van der Waals surface area contributed by atoms with Crippen molar-refractivity contribution in [2.75, 3.05) is 0 Å². The average molecular weight is 151 g/mol. The molecule has 0 saturated heterocycles. The molecule has 1 fully saturated rings. The number of rotatable bonds is 1. The fourth-order valence-corrected chi connectivity index (χ4v) is 1.52. The van der Waals surface area contributed by atoms with Gasteiger partial charge in [-0.15, -0.1) is 0 Å². The lowest BCUT2D eigenvalue weighted by atomic mass is 9.74. The van der Waals surface area contributed by atoms with Gasteiger partial charge in [0.1, 0.15) is 0 Å². The lowest BCUT2D eigenvalue weighted by Gasteiger charge is -2.37. The Bertz CT molecular complexity index is 260. The summed E-state index contributed by atoms with van der Waals surface area (Å²) in [5.41, 5.74) is 7.22. The monoisotopic (exact) mass is 151 g/mol. The Labute approximate surface area is 66.2 Å². The van der Waals surface area contributed by atoms with Crippen molar-refractivity contribution >= 4 is 0 Å². The summed E-state index contributed by atoms with van der Waals surface area (Å²) in [6.07, 6.45) is 7.36. The smallest absolute Gasteiger partial charge is 0.0540 e. The highest BCUT2D eigenvalue weighted by atomic mass is 15.2. The van der Waals surface area contributed by atoms with Gasteiger partial charge in [0.15, 0.2) is 0 Å². The molecule has 0 spiro atoms. The van der Waals surface area contributed by atoms with Crippen LogP contribution in [0.3, 0.4) is 0 Å². The largest absolute Gasteiger partial charge is 0.321 e. The van der Waals surface area contributed by atoms with Crippen molar-refractivity contribution in [1.29, 1.82) is 0 Å². The maximum Gasteiger partial charge on any atom is 0.0540 e. The summed E-state index contributed by atoms with van der Waals surface area (Å²) in [6, 6.07) is 0. The van der Waals surface area contributed by atoms with Crippen LogP contribution in [-0.2, 0) is 12.6 Å². The van der Waals surface area contributed by atoms with Crippen molar-refractivity contribution in [2.45, 2.75) is 24.8 Å². The summed E-state index contributed by atoms with van der Waals surface area (Å²) in [7, 11) is 1.92. The summed E-state index contributed by atoms with van der Waals surface area (Å²) in [5, 5.41) is 4.10. The van der Waals surface area contributed by atoms with Crippen molar-refractivity contribution < 1.29 is 0 Å². The zero-order valence-corrected chi connectivity index (χ0v) is 6.75.